The molecular weight excluding hydrogens is 541 g/mol. The number of benzene rings is 3. The first-order valence-electron chi connectivity index (χ1n) is 10.8. The Labute approximate surface area is 216 Å². The van der Waals surface area contributed by atoms with Gasteiger partial charge in [-0.25, -0.2) is 9.18 Å². The van der Waals surface area contributed by atoms with Gasteiger partial charge in [-0.1, -0.05) is 48.0 Å². The molecule has 0 aliphatic carbocycles. The average Bonchev–Trinajstić information content (AvgIpc) is 2.84. The van der Waals surface area contributed by atoms with Gasteiger partial charge in [0.1, 0.15) is 11.0 Å². The molecule has 4 nitrogen and oxygen atoms in total. The van der Waals surface area contributed by atoms with Crippen molar-refractivity contribution in [1.29, 1.82) is 0 Å². The Morgan fingerprint density at radius 1 is 0.895 bits per heavy atom. The summed E-state index contributed by atoms with van der Waals surface area (Å²) in [5, 5.41) is 0.993. The highest BCUT2D eigenvalue weighted by atomic mass is 35.5. The van der Waals surface area contributed by atoms with E-state index < -0.39 is 47.5 Å². The van der Waals surface area contributed by atoms with Gasteiger partial charge in [0.05, 0.1) is 16.7 Å². The third-order valence-corrected chi connectivity index (χ3v) is 5.82. The fourth-order valence-electron chi connectivity index (χ4n) is 3.78. The summed E-state index contributed by atoms with van der Waals surface area (Å²) in [5.74, 6) is -0.797. The summed E-state index contributed by atoms with van der Waals surface area (Å²) in [6.45, 7) is -0.640. The van der Waals surface area contributed by atoms with Crippen molar-refractivity contribution < 1.29 is 40.3 Å². The minimum Gasteiger partial charge on any atom is -0.390 e. The molecule has 4 rings (SSSR count). The number of carbonyl (C=O) groups is 1. The lowest BCUT2D eigenvalue weighted by Gasteiger charge is -2.20. The number of amides is 1. The van der Waals surface area contributed by atoms with Crippen LogP contribution in [-0.4, -0.2) is 23.0 Å². The van der Waals surface area contributed by atoms with Crippen molar-refractivity contribution in [3.8, 4) is 17.0 Å². The predicted molar refractivity (Wildman–Crippen MR) is 126 cm³/mol. The Kier molecular flexibility index (Phi) is 7.24. The molecule has 0 unspecified atom stereocenters. The highest BCUT2D eigenvalue weighted by Gasteiger charge is 2.37. The Bertz CT molecular complexity index is 1470. The van der Waals surface area contributed by atoms with Crippen molar-refractivity contribution in [3.63, 3.8) is 0 Å². The molecule has 0 saturated carbocycles. The van der Waals surface area contributed by atoms with Crippen LogP contribution in [0.3, 0.4) is 0 Å². The van der Waals surface area contributed by atoms with Gasteiger partial charge in [0.15, 0.2) is 0 Å². The van der Waals surface area contributed by atoms with Crippen molar-refractivity contribution in [2.75, 3.05) is 7.05 Å². The molecule has 0 radical (unpaired) electrons. The molecule has 3 aromatic carbocycles. The van der Waals surface area contributed by atoms with Crippen molar-refractivity contribution in [2.45, 2.75) is 18.9 Å². The fourth-order valence-corrected chi connectivity index (χ4v) is 4.02. The van der Waals surface area contributed by atoms with E-state index in [-0.39, 0.29) is 22.7 Å². The molecule has 0 aliphatic heterocycles. The van der Waals surface area contributed by atoms with Gasteiger partial charge >= 0.3 is 18.4 Å². The second-order valence-corrected chi connectivity index (χ2v) is 8.63. The molecule has 0 fully saturated rings. The standard InChI is InChI=1S/C26H16ClF7N2O2/c1-36(13-14-10-16(25(29,30)31)12-17(11-14)26(32,33)34)24(37)38-23-21(15-6-8-18(28)9-7-15)19-4-2-3-5-20(19)22(27)35-23/h2-12H,13H2,1H3. The molecule has 0 aliphatic rings. The van der Waals surface area contributed by atoms with Gasteiger partial charge in [-0.3, -0.25) is 0 Å². The average molecular weight is 557 g/mol. The van der Waals surface area contributed by atoms with E-state index in [0.29, 0.717) is 28.5 Å². The Morgan fingerprint density at radius 3 is 2.00 bits per heavy atom. The minimum atomic E-state index is -5.04. The van der Waals surface area contributed by atoms with E-state index in [1.165, 1.54) is 24.3 Å². The summed E-state index contributed by atoms with van der Waals surface area (Å²) in [6.07, 6.45) is -11.2. The minimum absolute atomic E-state index is 0.00219. The van der Waals surface area contributed by atoms with Crippen LogP contribution in [0.4, 0.5) is 35.5 Å². The van der Waals surface area contributed by atoms with E-state index in [2.05, 4.69) is 4.98 Å². The van der Waals surface area contributed by atoms with E-state index >= 15 is 0 Å². The number of alkyl halides is 6. The van der Waals surface area contributed by atoms with Crippen LogP contribution in [0.15, 0.2) is 66.7 Å². The molecule has 38 heavy (non-hydrogen) atoms. The van der Waals surface area contributed by atoms with Gasteiger partial charge in [0.25, 0.3) is 0 Å². The van der Waals surface area contributed by atoms with Crippen LogP contribution in [0.1, 0.15) is 16.7 Å². The zero-order valence-corrected chi connectivity index (χ0v) is 20.0. The van der Waals surface area contributed by atoms with E-state index in [0.717, 1.165) is 11.9 Å². The maximum atomic E-state index is 13.5. The molecule has 1 amide bonds. The molecule has 0 saturated heterocycles. The third-order valence-electron chi connectivity index (χ3n) is 5.53. The van der Waals surface area contributed by atoms with Gasteiger partial charge in [0, 0.05) is 19.0 Å². The number of hydrogen-bond acceptors (Lipinski definition) is 3. The number of rotatable bonds is 4. The number of hydrogen-bond donors (Lipinski definition) is 0. The molecule has 0 spiro atoms. The normalized spacial score (nSPS) is 12.0. The molecule has 4 aromatic rings. The number of ether oxygens (including phenoxy) is 1. The lowest BCUT2D eigenvalue weighted by Crippen LogP contribution is -2.30. The lowest BCUT2D eigenvalue weighted by atomic mass is 10.0. The number of halogens is 8. The Balaban J connectivity index is 1.69. The Hall–Kier alpha value is -3.86. The summed E-state index contributed by atoms with van der Waals surface area (Å²) >= 11 is 6.27. The molecule has 0 N–H and O–H groups in total. The van der Waals surface area contributed by atoms with Crippen molar-refractivity contribution >= 4 is 28.5 Å². The van der Waals surface area contributed by atoms with Crippen LogP contribution in [-0.2, 0) is 18.9 Å². The smallest absolute Gasteiger partial charge is 0.390 e. The van der Waals surface area contributed by atoms with E-state index in [4.69, 9.17) is 16.3 Å². The molecule has 12 heteroatoms. The van der Waals surface area contributed by atoms with Crippen LogP contribution < -0.4 is 4.74 Å². The van der Waals surface area contributed by atoms with Gasteiger partial charge in [-0.15, -0.1) is 0 Å². The largest absolute Gasteiger partial charge is 0.416 e. The monoisotopic (exact) mass is 556 g/mol. The van der Waals surface area contributed by atoms with Crippen LogP contribution in [0.5, 0.6) is 5.88 Å². The topological polar surface area (TPSA) is 42.4 Å². The highest BCUT2D eigenvalue weighted by molar-refractivity contribution is 6.35. The van der Waals surface area contributed by atoms with E-state index in [1.807, 2.05) is 0 Å². The molecule has 0 bridgehead atoms. The Morgan fingerprint density at radius 2 is 1.45 bits per heavy atom. The first-order valence-corrected chi connectivity index (χ1v) is 11.2. The summed E-state index contributed by atoms with van der Waals surface area (Å²) in [4.78, 5) is 17.8. The first-order chi connectivity index (χ1) is 17.7. The second-order valence-electron chi connectivity index (χ2n) is 8.27. The molecule has 0 atom stereocenters. The number of carbonyl (C=O) groups excluding carboxylic acids is 1. The van der Waals surface area contributed by atoms with Crippen molar-refractivity contribution in [2.24, 2.45) is 0 Å². The molecule has 1 heterocycles. The SMILES string of the molecule is CN(Cc1cc(C(F)(F)F)cc(C(F)(F)F)c1)C(=O)Oc1nc(Cl)c2ccccc2c1-c1ccc(F)cc1. The quantitative estimate of drug-likeness (QED) is 0.187. The van der Waals surface area contributed by atoms with Gasteiger partial charge < -0.3 is 9.64 Å². The van der Waals surface area contributed by atoms with Crippen LogP contribution in [0.2, 0.25) is 5.15 Å². The van der Waals surface area contributed by atoms with Gasteiger partial charge in [0.2, 0.25) is 5.88 Å². The van der Waals surface area contributed by atoms with Gasteiger partial charge in [-0.05, 0) is 46.8 Å². The van der Waals surface area contributed by atoms with Crippen LogP contribution in [0.25, 0.3) is 21.9 Å². The van der Waals surface area contributed by atoms with Gasteiger partial charge in [-0.2, -0.15) is 31.3 Å². The molecule has 198 valence electrons. The highest BCUT2D eigenvalue weighted by Crippen LogP contribution is 2.39. The number of pyridine rings is 1. The third kappa shape index (κ3) is 5.83. The summed E-state index contributed by atoms with van der Waals surface area (Å²) in [6, 6.07) is 13.0. The fraction of sp³-hybridized carbons (Fsp3) is 0.154. The first kappa shape index (κ1) is 27.2. The summed E-state index contributed by atoms with van der Waals surface area (Å²) in [5.41, 5.74) is -2.73. The second kappa shape index (κ2) is 10.1. The summed E-state index contributed by atoms with van der Waals surface area (Å²) < 4.78 is 98.1. The van der Waals surface area contributed by atoms with E-state index in [9.17, 15) is 35.5 Å². The number of nitrogens with zero attached hydrogens (tertiary/aromatic N) is 2. The summed E-state index contributed by atoms with van der Waals surface area (Å²) in [7, 11) is 1.13. The zero-order chi connectivity index (χ0) is 27.8. The maximum absolute atomic E-state index is 13.5. The lowest BCUT2D eigenvalue weighted by molar-refractivity contribution is -0.143. The van der Waals surface area contributed by atoms with Crippen LogP contribution in [0, 0.1) is 5.82 Å². The zero-order valence-electron chi connectivity index (χ0n) is 19.3. The van der Waals surface area contributed by atoms with Crippen molar-refractivity contribution in [3.05, 3.63) is 94.4 Å². The van der Waals surface area contributed by atoms with E-state index in [1.54, 1.807) is 24.3 Å². The maximum Gasteiger partial charge on any atom is 0.416 e. The number of aromatic nitrogens is 1. The van der Waals surface area contributed by atoms with Crippen molar-refractivity contribution in [1.82, 2.24) is 9.88 Å². The predicted octanol–water partition coefficient (Wildman–Crippen LogP) is 8.36. The molecule has 1 aromatic heterocycles. The molecular formula is C26H16ClF7N2O2. The van der Waals surface area contributed by atoms with Crippen LogP contribution >= 0.6 is 11.6 Å². The number of fused-ring (bicyclic) bond motifs is 1.